The van der Waals surface area contributed by atoms with E-state index in [2.05, 4.69) is 71.5 Å². The minimum Gasteiger partial charge on any atom is -0.493 e. The molecule has 1 unspecified atom stereocenters. The number of allylic oxidation sites excluding steroid dienone is 1. The van der Waals surface area contributed by atoms with Gasteiger partial charge in [-0.3, -0.25) is 4.98 Å². The Morgan fingerprint density at radius 1 is 0.962 bits per heavy atom. The van der Waals surface area contributed by atoms with Gasteiger partial charge in [0.2, 0.25) is 0 Å². The molecular weight excluding hydrogens is 684 g/mol. The maximum atomic E-state index is 9.35. The third-order valence-electron chi connectivity index (χ3n) is 10.3. The Kier molecular flexibility index (Phi) is 13.0. The van der Waals surface area contributed by atoms with Gasteiger partial charge in [0.1, 0.15) is 36.5 Å². The van der Waals surface area contributed by atoms with Gasteiger partial charge in [-0.2, -0.15) is 5.26 Å². The summed E-state index contributed by atoms with van der Waals surface area (Å²) in [6.07, 6.45) is 10.5. The summed E-state index contributed by atoms with van der Waals surface area (Å²) in [5.41, 5.74) is 15.5. The lowest BCUT2D eigenvalue weighted by Gasteiger charge is -2.25. The van der Waals surface area contributed by atoms with E-state index in [9.17, 15) is 5.26 Å². The SMILES string of the molecule is Cc1c(COc2cc(OCc3cncc(C#N)c3)c(CNC3CCC(N)=C(C=N)C3)cc2Cl)cccc1-c1cccc(OCCCN2CCCC2)c1C. The van der Waals surface area contributed by atoms with Gasteiger partial charge in [0.15, 0.2) is 0 Å². The zero-order valence-electron chi connectivity index (χ0n) is 30.7. The molecule has 3 aromatic carbocycles. The van der Waals surface area contributed by atoms with Crippen LogP contribution < -0.4 is 25.3 Å². The van der Waals surface area contributed by atoms with E-state index in [0.29, 0.717) is 48.3 Å². The molecule has 2 heterocycles. The van der Waals surface area contributed by atoms with Crippen molar-refractivity contribution in [2.45, 2.75) is 78.2 Å². The van der Waals surface area contributed by atoms with Crippen LogP contribution in [0.3, 0.4) is 0 Å². The number of aromatic nitrogens is 1. The first kappa shape index (κ1) is 37.9. The van der Waals surface area contributed by atoms with E-state index in [1.807, 2.05) is 12.1 Å². The second-order valence-corrected chi connectivity index (χ2v) is 14.4. The van der Waals surface area contributed by atoms with E-state index < -0.39 is 0 Å². The molecule has 53 heavy (non-hydrogen) atoms. The highest BCUT2D eigenvalue weighted by Gasteiger charge is 2.20. The van der Waals surface area contributed by atoms with E-state index in [4.69, 9.17) is 37.0 Å². The van der Waals surface area contributed by atoms with Crippen molar-refractivity contribution in [2.75, 3.05) is 26.2 Å². The van der Waals surface area contributed by atoms with Crippen LogP contribution in [0.1, 0.15) is 71.9 Å². The van der Waals surface area contributed by atoms with Crippen LogP contribution in [-0.2, 0) is 19.8 Å². The van der Waals surface area contributed by atoms with E-state index in [-0.39, 0.29) is 12.6 Å². The third kappa shape index (κ3) is 9.76. The second-order valence-electron chi connectivity index (χ2n) is 13.9. The first-order chi connectivity index (χ1) is 25.8. The van der Waals surface area contributed by atoms with Crippen molar-refractivity contribution in [2.24, 2.45) is 5.73 Å². The zero-order chi connectivity index (χ0) is 37.2. The summed E-state index contributed by atoms with van der Waals surface area (Å²) in [7, 11) is 0. The first-order valence-electron chi connectivity index (χ1n) is 18.5. The predicted molar refractivity (Wildman–Crippen MR) is 211 cm³/mol. The van der Waals surface area contributed by atoms with E-state index in [1.165, 1.54) is 38.3 Å². The van der Waals surface area contributed by atoms with Crippen molar-refractivity contribution in [3.05, 3.63) is 117 Å². The van der Waals surface area contributed by atoms with Crippen LogP contribution in [0.5, 0.6) is 17.2 Å². The summed E-state index contributed by atoms with van der Waals surface area (Å²) in [6, 6.07) is 20.4. The fraction of sp³-hybridized carbons (Fsp3) is 0.372. The average Bonchev–Trinajstić information content (AvgIpc) is 3.70. The lowest BCUT2D eigenvalue weighted by molar-refractivity contribution is 0.262. The summed E-state index contributed by atoms with van der Waals surface area (Å²) in [6.45, 7) is 9.51. The molecule has 1 aliphatic carbocycles. The molecule has 4 N–H and O–H groups in total. The zero-order valence-corrected chi connectivity index (χ0v) is 31.5. The molecule has 0 bridgehead atoms. The molecule has 0 saturated carbocycles. The third-order valence-corrected chi connectivity index (χ3v) is 10.6. The van der Waals surface area contributed by atoms with Crippen molar-refractivity contribution in [3.8, 4) is 34.4 Å². The van der Waals surface area contributed by atoms with Gasteiger partial charge in [0.25, 0.3) is 0 Å². The number of ether oxygens (including phenoxy) is 3. The molecular formula is C43H49ClN6O3. The summed E-state index contributed by atoms with van der Waals surface area (Å²) < 4.78 is 19.0. The van der Waals surface area contributed by atoms with E-state index in [0.717, 1.165) is 81.8 Å². The highest BCUT2D eigenvalue weighted by atomic mass is 35.5. The maximum Gasteiger partial charge on any atom is 0.142 e. The lowest BCUT2D eigenvalue weighted by Crippen LogP contribution is -2.33. The minimum atomic E-state index is 0.170. The first-order valence-corrected chi connectivity index (χ1v) is 18.9. The van der Waals surface area contributed by atoms with Crippen LogP contribution in [0.25, 0.3) is 11.1 Å². The molecule has 9 nitrogen and oxygen atoms in total. The van der Waals surface area contributed by atoms with E-state index >= 15 is 0 Å². The Bertz CT molecular complexity index is 1980. The Hall–Kier alpha value is -4.88. The molecule has 1 atom stereocenters. The van der Waals surface area contributed by atoms with Crippen molar-refractivity contribution in [1.82, 2.24) is 15.2 Å². The number of halogens is 1. The van der Waals surface area contributed by atoms with Crippen LogP contribution in [0.15, 0.2) is 78.3 Å². The molecule has 4 aromatic rings. The fourth-order valence-corrected chi connectivity index (χ4v) is 7.38. The lowest BCUT2D eigenvalue weighted by atomic mass is 9.92. The fourth-order valence-electron chi connectivity index (χ4n) is 7.14. The summed E-state index contributed by atoms with van der Waals surface area (Å²) in [4.78, 5) is 6.70. The standard InChI is InChI=1S/C43H49ClN6O3/c1-29-33(8-5-9-37(29)38-10-6-11-41(30(38)2)51-17-7-16-50-14-3-4-15-50)28-53-43-21-42(52-27-32-18-31(22-45)24-48-25-32)35(20-39(43)44)26-49-36-12-13-40(47)34(19-36)23-46/h5-6,8-11,18,20-21,23-25,36,46,49H,3-4,7,12-17,19,26-28,47H2,1-2H3. The molecule has 1 aromatic heterocycles. The molecule has 0 spiro atoms. The van der Waals surface area contributed by atoms with Crippen LogP contribution >= 0.6 is 11.6 Å². The van der Waals surface area contributed by atoms with Crippen LogP contribution in [0.4, 0.5) is 0 Å². The van der Waals surface area contributed by atoms with Gasteiger partial charge in [-0.1, -0.05) is 41.9 Å². The highest BCUT2D eigenvalue weighted by Crippen LogP contribution is 2.37. The van der Waals surface area contributed by atoms with Gasteiger partial charge in [-0.25, -0.2) is 0 Å². The normalized spacial score (nSPS) is 16.0. The van der Waals surface area contributed by atoms with Crippen molar-refractivity contribution in [3.63, 3.8) is 0 Å². The molecule has 1 fully saturated rings. The predicted octanol–water partition coefficient (Wildman–Crippen LogP) is 8.42. The Labute approximate surface area is 318 Å². The second kappa shape index (κ2) is 18.2. The number of nitrogens with one attached hydrogen (secondary N) is 2. The van der Waals surface area contributed by atoms with Gasteiger partial charge in [-0.15, -0.1) is 0 Å². The molecule has 10 heteroatoms. The van der Waals surface area contributed by atoms with Crippen molar-refractivity contribution >= 4 is 17.8 Å². The molecule has 1 saturated heterocycles. The van der Waals surface area contributed by atoms with Gasteiger partial charge in [0, 0.05) is 60.6 Å². The van der Waals surface area contributed by atoms with Crippen molar-refractivity contribution in [1.29, 1.82) is 10.7 Å². The van der Waals surface area contributed by atoms with Crippen LogP contribution in [-0.4, -0.2) is 48.4 Å². The number of likely N-dealkylation sites (tertiary alicyclic amines) is 1. The van der Waals surface area contributed by atoms with Crippen LogP contribution in [0, 0.1) is 30.6 Å². The highest BCUT2D eigenvalue weighted by molar-refractivity contribution is 6.32. The number of rotatable bonds is 16. The average molecular weight is 733 g/mol. The number of hydrogen-bond donors (Lipinski definition) is 3. The van der Waals surface area contributed by atoms with Crippen molar-refractivity contribution < 1.29 is 14.2 Å². The molecule has 276 valence electrons. The smallest absolute Gasteiger partial charge is 0.142 e. The monoisotopic (exact) mass is 732 g/mol. The number of nitriles is 1. The van der Waals surface area contributed by atoms with Gasteiger partial charge >= 0.3 is 0 Å². The molecule has 6 rings (SSSR count). The topological polar surface area (TPSA) is 130 Å². The molecule has 2 aliphatic rings. The summed E-state index contributed by atoms with van der Waals surface area (Å²) >= 11 is 6.88. The Morgan fingerprint density at radius 3 is 2.53 bits per heavy atom. The van der Waals surface area contributed by atoms with Crippen LogP contribution in [0.2, 0.25) is 5.02 Å². The van der Waals surface area contributed by atoms with Gasteiger partial charge < -0.3 is 35.6 Å². The molecule has 0 amide bonds. The quantitative estimate of drug-likeness (QED) is 0.0774. The Morgan fingerprint density at radius 2 is 1.74 bits per heavy atom. The van der Waals surface area contributed by atoms with E-state index in [1.54, 1.807) is 12.3 Å². The minimum absolute atomic E-state index is 0.170. The van der Waals surface area contributed by atoms with Gasteiger partial charge in [0.05, 0.1) is 17.2 Å². The molecule has 1 aliphatic heterocycles. The Balaban J connectivity index is 1.17. The summed E-state index contributed by atoms with van der Waals surface area (Å²) in [5, 5.41) is 21.2. The molecule has 0 radical (unpaired) electrons. The summed E-state index contributed by atoms with van der Waals surface area (Å²) in [5.74, 6) is 2.06. The number of pyridine rings is 1. The number of nitrogens with two attached hydrogens (primary N) is 1. The number of benzene rings is 3. The number of nitrogens with zero attached hydrogens (tertiary/aromatic N) is 3. The number of hydrogen-bond acceptors (Lipinski definition) is 9. The largest absolute Gasteiger partial charge is 0.493 e. The van der Waals surface area contributed by atoms with Gasteiger partial charge in [-0.05, 0) is 117 Å². The maximum absolute atomic E-state index is 9.35.